The summed E-state index contributed by atoms with van der Waals surface area (Å²) in [6.07, 6.45) is 7.57. The second kappa shape index (κ2) is 5.16. The van der Waals surface area contributed by atoms with Crippen LogP contribution in [0.1, 0.15) is 38.3 Å². The van der Waals surface area contributed by atoms with Crippen molar-refractivity contribution in [2.75, 3.05) is 24.5 Å². The minimum absolute atomic E-state index is 0.650. The lowest BCUT2D eigenvalue weighted by Gasteiger charge is -2.49. The van der Waals surface area contributed by atoms with E-state index in [4.69, 9.17) is 0 Å². The first-order valence-corrected chi connectivity index (χ1v) is 7.70. The molecule has 2 aliphatic heterocycles. The Kier molecular flexibility index (Phi) is 3.52. The van der Waals surface area contributed by atoms with E-state index >= 15 is 0 Å². The van der Waals surface area contributed by atoms with E-state index in [0.29, 0.717) is 6.04 Å². The van der Waals surface area contributed by atoms with Gasteiger partial charge >= 0.3 is 0 Å². The summed E-state index contributed by atoms with van der Waals surface area (Å²) >= 11 is 0. The maximum absolute atomic E-state index is 4.52. The van der Waals surface area contributed by atoms with Crippen molar-refractivity contribution in [3.8, 4) is 0 Å². The maximum Gasteiger partial charge on any atom is 0.0827 e. The number of anilines is 1. The molecule has 1 aromatic rings. The van der Waals surface area contributed by atoms with Gasteiger partial charge in [-0.2, -0.15) is 5.10 Å². The van der Waals surface area contributed by atoms with Gasteiger partial charge < -0.3 is 4.90 Å². The molecule has 0 aromatic carbocycles. The molecule has 4 nitrogen and oxygen atoms in total. The number of nitrogens with zero attached hydrogens (tertiary/aromatic N) is 4. The highest BCUT2D eigenvalue weighted by Crippen LogP contribution is 2.30. The van der Waals surface area contributed by atoms with E-state index in [-0.39, 0.29) is 0 Å². The molecule has 0 saturated carbocycles. The zero-order valence-electron chi connectivity index (χ0n) is 12.5. The van der Waals surface area contributed by atoms with Crippen LogP contribution in [-0.2, 0) is 7.05 Å². The highest BCUT2D eigenvalue weighted by atomic mass is 15.3. The summed E-state index contributed by atoms with van der Waals surface area (Å²) in [7, 11) is 2.02. The van der Waals surface area contributed by atoms with E-state index in [1.165, 1.54) is 56.7 Å². The van der Waals surface area contributed by atoms with Crippen LogP contribution in [-0.4, -0.2) is 46.4 Å². The topological polar surface area (TPSA) is 24.3 Å². The van der Waals surface area contributed by atoms with Gasteiger partial charge in [-0.05, 0) is 32.7 Å². The average Bonchev–Trinajstić information content (AvgIpc) is 2.76. The molecule has 0 bridgehead atoms. The highest BCUT2D eigenvalue weighted by Gasteiger charge is 2.35. The third-order valence-electron chi connectivity index (χ3n) is 4.81. The predicted molar refractivity (Wildman–Crippen MR) is 78.6 cm³/mol. The lowest BCUT2D eigenvalue weighted by Crippen LogP contribution is -2.59. The second-order valence-electron chi connectivity index (χ2n) is 6.13. The predicted octanol–water partition coefficient (Wildman–Crippen LogP) is 2.18. The van der Waals surface area contributed by atoms with Crippen LogP contribution in [0.2, 0.25) is 0 Å². The Balaban J connectivity index is 1.84. The molecule has 3 heterocycles. The number of piperidine rings is 1. The van der Waals surface area contributed by atoms with E-state index in [9.17, 15) is 0 Å². The summed E-state index contributed by atoms with van der Waals surface area (Å²) in [6.45, 7) is 8.17. The van der Waals surface area contributed by atoms with E-state index in [1.807, 2.05) is 11.7 Å². The molecule has 0 amide bonds. The molecule has 3 rings (SSSR count). The first kappa shape index (κ1) is 13.0. The lowest BCUT2D eigenvalue weighted by atomic mass is 9.95. The minimum atomic E-state index is 0.650. The normalized spacial score (nSPS) is 28.5. The van der Waals surface area contributed by atoms with Gasteiger partial charge in [-0.15, -0.1) is 0 Å². The van der Waals surface area contributed by atoms with Gasteiger partial charge in [0, 0.05) is 38.4 Å². The quantitative estimate of drug-likeness (QED) is 0.816. The lowest BCUT2D eigenvalue weighted by molar-refractivity contribution is 0.111. The Bertz CT molecular complexity index is 439. The van der Waals surface area contributed by atoms with Crippen molar-refractivity contribution in [3.63, 3.8) is 0 Å². The maximum atomic E-state index is 4.52. The molecule has 19 heavy (non-hydrogen) atoms. The van der Waals surface area contributed by atoms with Crippen LogP contribution in [0, 0.1) is 6.92 Å². The van der Waals surface area contributed by atoms with Crippen molar-refractivity contribution < 1.29 is 0 Å². The smallest absolute Gasteiger partial charge is 0.0827 e. The third kappa shape index (κ3) is 2.38. The number of fused-ring (bicyclic) bond motifs is 1. The summed E-state index contributed by atoms with van der Waals surface area (Å²) in [5, 5.41) is 4.52. The zero-order valence-corrected chi connectivity index (χ0v) is 12.5. The van der Waals surface area contributed by atoms with Crippen LogP contribution < -0.4 is 4.90 Å². The molecule has 2 fully saturated rings. The summed E-state index contributed by atoms with van der Waals surface area (Å²) in [6, 6.07) is 1.41. The molecule has 0 N–H and O–H groups in total. The molecule has 2 saturated heterocycles. The molecule has 106 valence electrons. The van der Waals surface area contributed by atoms with E-state index in [2.05, 4.69) is 34.9 Å². The first-order chi connectivity index (χ1) is 9.19. The standard InChI is InChI=1S/C15H26N4/c1-4-13-9-18-8-6-5-7-14(18)10-19(13)15-11-17(3)16-12(15)2/h11,13-14H,4-10H2,1-3H3. The van der Waals surface area contributed by atoms with Gasteiger partial charge in [-0.25, -0.2) is 0 Å². The second-order valence-corrected chi connectivity index (χ2v) is 6.13. The largest absolute Gasteiger partial charge is 0.363 e. The van der Waals surface area contributed by atoms with Gasteiger partial charge in [-0.1, -0.05) is 13.3 Å². The van der Waals surface area contributed by atoms with Gasteiger partial charge in [-0.3, -0.25) is 9.58 Å². The van der Waals surface area contributed by atoms with Crippen LogP contribution in [0.15, 0.2) is 6.20 Å². The van der Waals surface area contributed by atoms with Gasteiger partial charge in [0.1, 0.15) is 0 Å². The molecule has 1 aromatic heterocycles. The van der Waals surface area contributed by atoms with Crippen molar-refractivity contribution in [3.05, 3.63) is 11.9 Å². The zero-order chi connectivity index (χ0) is 13.4. The summed E-state index contributed by atoms with van der Waals surface area (Å²) in [5.41, 5.74) is 2.52. The number of aryl methyl sites for hydroxylation is 2. The number of rotatable bonds is 2. The molecule has 0 spiro atoms. The minimum Gasteiger partial charge on any atom is -0.363 e. The molecule has 2 unspecified atom stereocenters. The number of aromatic nitrogens is 2. The molecule has 2 atom stereocenters. The molecule has 0 aliphatic carbocycles. The first-order valence-electron chi connectivity index (χ1n) is 7.70. The average molecular weight is 262 g/mol. The summed E-state index contributed by atoms with van der Waals surface area (Å²) in [5.74, 6) is 0. The highest BCUT2D eigenvalue weighted by molar-refractivity contribution is 5.50. The van der Waals surface area contributed by atoms with Crippen LogP contribution >= 0.6 is 0 Å². The summed E-state index contributed by atoms with van der Waals surface area (Å²) < 4.78 is 1.95. The van der Waals surface area contributed by atoms with Gasteiger partial charge in [0.25, 0.3) is 0 Å². The van der Waals surface area contributed by atoms with E-state index in [0.717, 1.165) is 6.04 Å². The molecule has 2 aliphatic rings. The van der Waals surface area contributed by atoms with Crippen LogP contribution in [0.5, 0.6) is 0 Å². The van der Waals surface area contributed by atoms with Crippen molar-refractivity contribution >= 4 is 5.69 Å². The fourth-order valence-corrected chi connectivity index (χ4v) is 3.77. The Labute approximate surface area is 116 Å². The molecular formula is C15H26N4. The van der Waals surface area contributed by atoms with E-state index < -0.39 is 0 Å². The third-order valence-corrected chi connectivity index (χ3v) is 4.81. The van der Waals surface area contributed by atoms with Crippen LogP contribution in [0.25, 0.3) is 0 Å². The van der Waals surface area contributed by atoms with Crippen molar-refractivity contribution in [2.45, 2.75) is 51.6 Å². The number of hydrogen-bond acceptors (Lipinski definition) is 3. The Morgan fingerprint density at radius 2 is 2.16 bits per heavy atom. The van der Waals surface area contributed by atoms with Crippen LogP contribution in [0.3, 0.4) is 0 Å². The SMILES string of the molecule is CCC1CN2CCCCC2CN1c1cn(C)nc1C. The van der Waals surface area contributed by atoms with Gasteiger partial charge in [0.05, 0.1) is 11.4 Å². The fourth-order valence-electron chi connectivity index (χ4n) is 3.77. The van der Waals surface area contributed by atoms with Crippen molar-refractivity contribution in [2.24, 2.45) is 7.05 Å². The molecular weight excluding hydrogens is 236 g/mol. The van der Waals surface area contributed by atoms with E-state index in [1.54, 1.807) is 0 Å². The number of piperazine rings is 1. The Morgan fingerprint density at radius 3 is 2.84 bits per heavy atom. The fraction of sp³-hybridized carbons (Fsp3) is 0.800. The van der Waals surface area contributed by atoms with Crippen LogP contribution in [0.4, 0.5) is 5.69 Å². The molecule has 4 heteroatoms. The van der Waals surface area contributed by atoms with Gasteiger partial charge in [0.2, 0.25) is 0 Å². The molecule has 0 radical (unpaired) electrons. The summed E-state index contributed by atoms with van der Waals surface area (Å²) in [4.78, 5) is 5.34. The monoisotopic (exact) mass is 262 g/mol. The number of hydrogen-bond donors (Lipinski definition) is 0. The Morgan fingerprint density at radius 1 is 1.32 bits per heavy atom. The Hall–Kier alpha value is -1.03. The van der Waals surface area contributed by atoms with Gasteiger partial charge in [0.15, 0.2) is 0 Å². The van der Waals surface area contributed by atoms with Crippen molar-refractivity contribution in [1.82, 2.24) is 14.7 Å². The van der Waals surface area contributed by atoms with Crippen molar-refractivity contribution in [1.29, 1.82) is 0 Å².